The van der Waals surface area contributed by atoms with Crippen LogP contribution in [0.25, 0.3) is 17.0 Å². The van der Waals surface area contributed by atoms with E-state index in [4.69, 9.17) is 47.5 Å². The van der Waals surface area contributed by atoms with Gasteiger partial charge in [-0.15, -0.1) is 0 Å². The van der Waals surface area contributed by atoms with Crippen LogP contribution in [0, 0.1) is 23.7 Å². The minimum absolute atomic E-state index is 0.0272. The van der Waals surface area contributed by atoms with Crippen LogP contribution in [0.15, 0.2) is 71.6 Å². The Labute approximate surface area is 411 Å². The number of rotatable bonds is 12. The molecule has 1 unspecified atom stereocenters. The number of carbonyl (C=O) groups excluding carboxylic acids is 2. The van der Waals surface area contributed by atoms with Gasteiger partial charge in [0.05, 0.1) is 74.9 Å². The van der Waals surface area contributed by atoms with Crippen molar-refractivity contribution in [1.29, 1.82) is 0 Å². The molecule has 1 aromatic carbocycles. The topological polar surface area (TPSA) is 216 Å². The molecule has 16 atom stereocenters. The molecule has 5 heterocycles. The fourth-order valence-corrected chi connectivity index (χ4v) is 9.64. The van der Waals surface area contributed by atoms with E-state index in [9.17, 15) is 24.9 Å². The highest BCUT2D eigenvalue weighted by molar-refractivity contribution is 5.91. The quantitative estimate of drug-likeness (QED) is 0.154. The number of ether oxygens (including phenoxy) is 9. The molecule has 3 fully saturated rings. The molecule has 3 N–H and O–H groups in total. The molecule has 18 nitrogen and oxygen atoms in total. The second-order valence-electron chi connectivity index (χ2n) is 19.2. The van der Waals surface area contributed by atoms with Gasteiger partial charge in [0, 0.05) is 50.2 Å². The Morgan fingerprint density at radius 2 is 1.66 bits per heavy atom. The number of oxime groups is 1. The van der Waals surface area contributed by atoms with Crippen molar-refractivity contribution in [1.82, 2.24) is 9.88 Å². The Balaban J connectivity index is 1.27. The molecule has 0 aliphatic carbocycles. The number of likely N-dealkylation sites (N-methyl/N-ethyl adjacent to an activating group) is 1. The van der Waals surface area contributed by atoms with Crippen LogP contribution in [0.3, 0.4) is 0 Å². The standard InChI is InChI=1S/C52H75N3O15/c1-30-16-17-41(56)31(2)22-38-18-20-63-28-39(54-67-19-12-13-35-23-37-14-10-11-15-40(37)53-25-35)29-64-42(32(3)48(38)70-51-47(60)44(55(6)7)45(58)33(4)68-51)24-43(57)65-26-36(21-30)27-66-52-50(62-9)49(61-8)46(59)34(5)69-52/h10-17,21,23,25,31-34,36,38,42,44-52,58-60H,18-20,22,24,26-29H2,1-9H3/b13-12+,17-16+,30-21+,54-39+/t31-,32+,33-,34-,36+,38?,42-,44+,45-,46-,47-,48-,49-,50-,51+,52-/m1/s1. The minimum atomic E-state index is -1.25. The predicted octanol–water partition coefficient (Wildman–Crippen LogP) is 4.27. The normalized spacial score (nSPS) is 37.5. The average Bonchev–Trinajstić information content (AvgIpc) is 3.36. The van der Waals surface area contributed by atoms with Crippen molar-refractivity contribution >= 4 is 34.4 Å². The number of aromatic nitrogens is 1. The van der Waals surface area contributed by atoms with Crippen LogP contribution in [-0.4, -0.2) is 184 Å². The summed E-state index contributed by atoms with van der Waals surface area (Å²) in [5.74, 6) is -2.58. The van der Waals surface area contributed by atoms with Gasteiger partial charge in [-0.05, 0) is 83.5 Å². The number of aliphatic hydroxyl groups is 3. The first-order valence-electron chi connectivity index (χ1n) is 24.4. The average molecular weight is 982 g/mol. The van der Waals surface area contributed by atoms with Crippen molar-refractivity contribution < 1.29 is 72.4 Å². The molecule has 0 amide bonds. The lowest BCUT2D eigenvalue weighted by molar-refractivity contribution is -0.305. The summed E-state index contributed by atoms with van der Waals surface area (Å²) < 4.78 is 55.4. The van der Waals surface area contributed by atoms with E-state index in [2.05, 4.69) is 10.1 Å². The van der Waals surface area contributed by atoms with Gasteiger partial charge >= 0.3 is 5.97 Å². The Morgan fingerprint density at radius 1 is 0.914 bits per heavy atom. The molecule has 2 aromatic rings. The number of hydrogen-bond donors (Lipinski definition) is 3. The number of nitrogens with zero attached hydrogens (tertiary/aromatic N) is 3. The molecule has 1 aromatic heterocycles. The fourth-order valence-electron chi connectivity index (χ4n) is 9.64. The summed E-state index contributed by atoms with van der Waals surface area (Å²) in [5, 5.41) is 38.9. The van der Waals surface area contributed by atoms with Gasteiger partial charge in [-0.25, -0.2) is 0 Å². The third-order valence-corrected chi connectivity index (χ3v) is 13.7. The molecule has 0 saturated carbocycles. The summed E-state index contributed by atoms with van der Waals surface area (Å²) in [6, 6.07) is 9.21. The van der Waals surface area contributed by atoms with Gasteiger partial charge in [-0.3, -0.25) is 14.6 Å². The minimum Gasteiger partial charge on any atom is -0.465 e. The van der Waals surface area contributed by atoms with Gasteiger partial charge in [0.1, 0.15) is 36.7 Å². The number of hydrogen-bond acceptors (Lipinski definition) is 18. The van der Waals surface area contributed by atoms with Crippen LogP contribution in [0.5, 0.6) is 0 Å². The number of cyclic esters (lactones) is 1. The summed E-state index contributed by atoms with van der Waals surface area (Å²) >= 11 is 0. The highest BCUT2D eigenvalue weighted by Crippen LogP contribution is 2.36. The summed E-state index contributed by atoms with van der Waals surface area (Å²) in [6.07, 6.45) is 1.61. The SMILES string of the molecule is CO[C@@H]1[C@H](O)[C@@H](C)O[C@@H](OC[C@H]2/C=C(C)/C=C/C(=O)[C@H](C)CC3CCOC/C(=N\OC/C=C/c4cnc5ccccc5c4)CO[C@H](CC(=O)OC2)[C@H](C)[C@H]3O[C@@H]2O[C@H](C)[C@@H](O)[C@H](N(C)C)[C@H]2O)[C@@H]1OC. The van der Waals surface area contributed by atoms with E-state index in [0.29, 0.717) is 18.6 Å². The molecule has 18 heteroatoms. The van der Waals surface area contributed by atoms with E-state index >= 15 is 0 Å². The van der Waals surface area contributed by atoms with Gasteiger partial charge in [0.25, 0.3) is 0 Å². The molecular formula is C52H75N3O15. The van der Waals surface area contributed by atoms with Gasteiger partial charge in [-0.1, -0.05) is 61.0 Å². The molecule has 70 heavy (non-hydrogen) atoms. The molecule has 6 rings (SSSR count). The first-order valence-corrected chi connectivity index (χ1v) is 24.4. The number of carbonyl (C=O) groups is 2. The highest BCUT2D eigenvalue weighted by Gasteiger charge is 2.48. The number of allylic oxidation sites excluding steroid dienone is 3. The van der Waals surface area contributed by atoms with E-state index in [0.717, 1.165) is 22.0 Å². The summed E-state index contributed by atoms with van der Waals surface area (Å²) in [7, 11) is 6.50. The lowest BCUT2D eigenvalue weighted by atomic mass is 9.79. The lowest BCUT2D eigenvalue weighted by Gasteiger charge is -2.47. The van der Waals surface area contributed by atoms with Crippen LogP contribution in [0.4, 0.5) is 0 Å². The van der Waals surface area contributed by atoms with E-state index in [1.165, 1.54) is 14.2 Å². The van der Waals surface area contributed by atoms with Crippen molar-refractivity contribution in [3.8, 4) is 0 Å². The number of ketones is 1. The number of benzene rings is 1. The summed E-state index contributed by atoms with van der Waals surface area (Å²) in [6.45, 7) is 9.40. The molecular weight excluding hydrogens is 907 g/mol. The smallest absolute Gasteiger partial charge is 0.308 e. The van der Waals surface area contributed by atoms with E-state index in [1.54, 1.807) is 51.2 Å². The van der Waals surface area contributed by atoms with Crippen molar-refractivity contribution in [3.05, 3.63) is 72.0 Å². The number of fused-ring (bicyclic) bond motifs is 4. The zero-order chi connectivity index (χ0) is 50.5. The van der Waals surface area contributed by atoms with Gasteiger partial charge in [0.2, 0.25) is 0 Å². The third kappa shape index (κ3) is 14.8. The number of esters is 1. The second kappa shape index (κ2) is 26.6. The van der Waals surface area contributed by atoms with Gasteiger partial charge < -0.3 is 67.7 Å². The predicted molar refractivity (Wildman–Crippen MR) is 259 cm³/mol. The molecule has 4 aliphatic heterocycles. The second-order valence-corrected chi connectivity index (χ2v) is 19.2. The molecule has 0 radical (unpaired) electrons. The maximum Gasteiger partial charge on any atom is 0.308 e. The summed E-state index contributed by atoms with van der Waals surface area (Å²) in [4.78, 5) is 40.1. The fraction of sp³-hybridized carbons (Fsp3) is 0.654. The first-order chi connectivity index (χ1) is 33.6. The van der Waals surface area contributed by atoms with Crippen molar-refractivity contribution in [3.63, 3.8) is 0 Å². The highest BCUT2D eigenvalue weighted by atomic mass is 16.7. The maximum atomic E-state index is 14.1. The van der Waals surface area contributed by atoms with Gasteiger partial charge in [-0.2, -0.15) is 0 Å². The van der Waals surface area contributed by atoms with Crippen LogP contribution < -0.4 is 0 Å². The Morgan fingerprint density at radius 3 is 2.41 bits per heavy atom. The third-order valence-electron chi connectivity index (χ3n) is 13.7. The lowest BCUT2D eigenvalue weighted by Crippen LogP contribution is -2.63. The van der Waals surface area contributed by atoms with Crippen LogP contribution in [0.1, 0.15) is 59.4 Å². The molecule has 4 aliphatic rings. The van der Waals surface area contributed by atoms with E-state index in [-0.39, 0.29) is 57.8 Å². The van der Waals surface area contributed by atoms with Gasteiger partial charge in [0.15, 0.2) is 18.4 Å². The number of aliphatic hydroxyl groups excluding tert-OH is 3. The van der Waals surface area contributed by atoms with E-state index < -0.39 is 97.3 Å². The maximum absolute atomic E-state index is 14.1. The Kier molecular flexibility index (Phi) is 21.0. The van der Waals surface area contributed by atoms with Crippen molar-refractivity contribution in [2.45, 2.75) is 127 Å². The van der Waals surface area contributed by atoms with Crippen LogP contribution in [-0.2, 0) is 57.1 Å². The number of pyridine rings is 1. The molecule has 0 spiro atoms. The van der Waals surface area contributed by atoms with Crippen molar-refractivity contribution in [2.75, 3.05) is 68.0 Å². The first kappa shape index (κ1) is 55.3. The molecule has 3 saturated heterocycles. The monoisotopic (exact) mass is 982 g/mol. The summed E-state index contributed by atoms with van der Waals surface area (Å²) in [5.41, 5.74) is 3.00. The molecule has 2 bridgehead atoms. The van der Waals surface area contributed by atoms with Crippen LogP contribution in [0.2, 0.25) is 0 Å². The number of methoxy groups -OCH3 is 2. The zero-order valence-corrected chi connectivity index (χ0v) is 42.0. The Bertz CT molecular complexity index is 2120. The zero-order valence-electron chi connectivity index (χ0n) is 42.0. The van der Waals surface area contributed by atoms with E-state index in [1.807, 2.05) is 69.3 Å². The molecule has 388 valence electrons. The number of para-hydroxylation sites is 1. The largest absolute Gasteiger partial charge is 0.465 e. The van der Waals surface area contributed by atoms with Crippen LogP contribution >= 0.6 is 0 Å². The van der Waals surface area contributed by atoms with Crippen molar-refractivity contribution in [2.24, 2.45) is 28.8 Å². The Hall–Kier alpha value is -4.02.